The van der Waals surface area contributed by atoms with Crippen LogP contribution in [-0.4, -0.2) is 43.6 Å². The van der Waals surface area contributed by atoms with Crippen LogP contribution >= 0.6 is 0 Å². The van der Waals surface area contributed by atoms with Gasteiger partial charge in [-0.15, -0.1) is 0 Å². The van der Waals surface area contributed by atoms with Gasteiger partial charge in [0.25, 0.3) is 6.43 Å². The summed E-state index contributed by atoms with van der Waals surface area (Å²) in [4.78, 5) is 9.07. The molecule has 100 valence electrons. The maximum absolute atomic E-state index is 12.5. The molecule has 0 spiro atoms. The molecule has 0 radical (unpaired) electrons. The number of nitrogens with one attached hydrogen (secondary N) is 1. The summed E-state index contributed by atoms with van der Waals surface area (Å²) < 4.78 is 25.1. The molecule has 0 aromatic carbocycles. The lowest BCUT2D eigenvalue weighted by Gasteiger charge is -2.45. The summed E-state index contributed by atoms with van der Waals surface area (Å²) in [6.07, 6.45) is -0.121. The number of anilines is 1. The third-order valence-electron chi connectivity index (χ3n) is 3.02. The molecule has 2 aromatic rings. The van der Waals surface area contributed by atoms with Crippen molar-refractivity contribution >= 4 is 5.82 Å². The number of nitrogens with zero attached hydrogens (tertiary/aromatic N) is 5. The fourth-order valence-corrected chi connectivity index (χ4v) is 1.99. The molecule has 3 rings (SSSR count). The van der Waals surface area contributed by atoms with E-state index in [0.29, 0.717) is 11.5 Å². The third kappa shape index (κ3) is 2.01. The van der Waals surface area contributed by atoms with E-state index in [1.54, 1.807) is 4.90 Å². The molecule has 3 heterocycles. The van der Waals surface area contributed by atoms with Crippen molar-refractivity contribution in [2.75, 3.05) is 18.0 Å². The van der Waals surface area contributed by atoms with Crippen molar-refractivity contribution in [3.05, 3.63) is 30.0 Å². The van der Waals surface area contributed by atoms with Crippen molar-refractivity contribution in [1.82, 2.24) is 25.4 Å². The van der Waals surface area contributed by atoms with Gasteiger partial charge < -0.3 is 10.0 Å². The van der Waals surface area contributed by atoms with Gasteiger partial charge in [-0.1, -0.05) is 0 Å². The first kappa shape index (κ1) is 11.9. The van der Waals surface area contributed by atoms with E-state index in [1.807, 2.05) is 0 Å². The topological polar surface area (TPSA) is 90.8 Å². The van der Waals surface area contributed by atoms with Crippen LogP contribution in [0.4, 0.5) is 14.6 Å². The number of β-amino-alcohol motifs (C(OH)–C–C–N with tert-alkyl or cyclic N) is 1. The van der Waals surface area contributed by atoms with E-state index in [1.165, 1.54) is 12.3 Å². The molecule has 0 atom stereocenters. The van der Waals surface area contributed by atoms with Crippen LogP contribution < -0.4 is 4.90 Å². The lowest BCUT2D eigenvalue weighted by molar-refractivity contribution is 0.00281. The van der Waals surface area contributed by atoms with Gasteiger partial charge in [0, 0.05) is 6.07 Å². The quantitative estimate of drug-likeness (QED) is 0.828. The first-order valence-electron chi connectivity index (χ1n) is 5.52. The van der Waals surface area contributed by atoms with Crippen molar-refractivity contribution in [1.29, 1.82) is 0 Å². The maximum atomic E-state index is 12.5. The van der Waals surface area contributed by atoms with Gasteiger partial charge in [-0.2, -0.15) is 15.4 Å². The molecule has 1 aliphatic heterocycles. The van der Waals surface area contributed by atoms with Gasteiger partial charge in [0.1, 0.15) is 29.1 Å². The van der Waals surface area contributed by atoms with Gasteiger partial charge in [0.2, 0.25) is 0 Å². The predicted molar refractivity (Wildman–Crippen MR) is 59.5 cm³/mol. The molecule has 0 saturated carbocycles. The average Bonchev–Trinajstić information content (AvgIpc) is 2.89. The first-order valence-corrected chi connectivity index (χ1v) is 5.52. The Morgan fingerprint density at radius 2 is 2.16 bits per heavy atom. The van der Waals surface area contributed by atoms with E-state index >= 15 is 0 Å². The monoisotopic (exact) mass is 268 g/mol. The second-order valence-corrected chi connectivity index (χ2v) is 4.34. The van der Waals surface area contributed by atoms with E-state index in [2.05, 4.69) is 25.4 Å². The molecule has 7 nitrogen and oxygen atoms in total. The minimum Gasteiger partial charge on any atom is -0.380 e. The minimum absolute atomic E-state index is 0.221. The highest BCUT2D eigenvalue weighted by molar-refractivity contribution is 5.45. The SMILES string of the molecule is OC1(c2cn[nH]n2)CN(c2cc(C(F)F)ncn2)C1. The van der Waals surface area contributed by atoms with Crippen LogP contribution in [0.15, 0.2) is 18.6 Å². The fourth-order valence-electron chi connectivity index (χ4n) is 1.99. The van der Waals surface area contributed by atoms with Crippen molar-refractivity contribution in [2.24, 2.45) is 0 Å². The fraction of sp³-hybridized carbons (Fsp3) is 0.400. The van der Waals surface area contributed by atoms with Crippen LogP contribution in [-0.2, 0) is 5.60 Å². The number of alkyl halides is 2. The third-order valence-corrected chi connectivity index (χ3v) is 3.02. The summed E-state index contributed by atoms with van der Waals surface area (Å²) in [6.45, 7) is 0.443. The summed E-state index contributed by atoms with van der Waals surface area (Å²) >= 11 is 0. The number of aromatic amines is 1. The molecular weight excluding hydrogens is 258 g/mol. The lowest BCUT2D eigenvalue weighted by Crippen LogP contribution is -2.60. The molecular formula is C10H10F2N6O. The number of aromatic nitrogens is 5. The molecule has 2 aromatic heterocycles. The highest BCUT2D eigenvalue weighted by atomic mass is 19.3. The number of aliphatic hydroxyl groups is 1. The Labute approximate surface area is 106 Å². The van der Waals surface area contributed by atoms with Gasteiger partial charge in [-0.3, -0.25) is 0 Å². The van der Waals surface area contributed by atoms with Gasteiger partial charge in [0.05, 0.1) is 19.3 Å². The van der Waals surface area contributed by atoms with Gasteiger partial charge in [0.15, 0.2) is 0 Å². The Balaban J connectivity index is 1.75. The molecule has 1 saturated heterocycles. The number of H-pyrrole nitrogens is 1. The highest BCUT2D eigenvalue weighted by Gasteiger charge is 2.45. The van der Waals surface area contributed by atoms with E-state index in [4.69, 9.17) is 0 Å². The zero-order valence-electron chi connectivity index (χ0n) is 9.66. The lowest BCUT2D eigenvalue weighted by atomic mass is 9.91. The number of hydrogen-bond donors (Lipinski definition) is 2. The maximum Gasteiger partial charge on any atom is 0.280 e. The van der Waals surface area contributed by atoms with Crippen LogP contribution in [0.1, 0.15) is 17.8 Å². The normalized spacial score (nSPS) is 17.6. The Morgan fingerprint density at radius 3 is 2.79 bits per heavy atom. The van der Waals surface area contributed by atoms with E-state index in [0.717, 1.165) is 6.33 Å². The molecule has 1 aliphatic rings. The van der Waals surface area contributed by atoms with Crippen LogP contribution in [0, 0.1) is 0 Å². The summed E-state index contributed by atoms with van der Waals surface area (Å²) in [5.41, 5.74) is -1.03. The van der Waals surface area contributed by atoms with Crippen molar-refractivity contribution in [2.45, 2.75) is 12.0 Å². The summed E-state index contributed by atoms with van der Waals surface area (Å²) in [7, 11) is 0. The number of hydrogen-bond acceptors (Lipinski definition) is 6. The Kier molecular flexibility index (Phi) is 2.63. The second kappa shape index (κ2) is 4.19. The van der Waals surface area contributed by atoms with Crippen LogP contribution in [0.5, 0.6) is 0 Å². The molecule has 2 N–H and O–H groups in total. The van der Waals surface area contributed by atoms with E-state index in [9.17, 15) is 13.9 Å². The smallest absolute Gasteiger partial charge is 0.280 e. The van der Waals surface area contributed by atoms with E-state index < -0.39 is 12.0 Å². The van der Waals surface area contributed by atoms with Crippen molar-refractivity contribution in [3.63, 3.8) is 0 Å². The minimum atomic E-state index is -2.64. The summed E-state index contributed by atoms with van der Waals surface area (Å²) in [6, 6.07) is 1.22. The first-order chi connectivity index (χ1) is 9.08. The Hall–Kier alpha value is -2.16. The highest BCUT2D eigenvalue weighted by Crippen LogP contribution is 2.33. The summed E-state index contributed by atoms with van der Waals surface area (Å²) in [5, 5.41) is 20.1. The molecule has 0 amide bonds. The number of halogens is 2. The molecule has 0 aliphatic carbocycles. The Bertz CT molecular complexity index is 569. The number of rotatable bonds is 3. The zero-order valence-corrected chi connectivity index (χ0v) is 9.66. The van der Waals surface area contributed by atoms with Crippen LogP contribution in [0.25, 0.3) is 0 Å². The molecule has 0 bridgehead atoms. The van der Waals surface area contributed by atoms with Crippen molar-refractivity contribution < 1.29 is 13.9 Å². The Morgan fingerprint density at radius 1 is 1.37 bits per heavy atom. The predicted octanol–water partition coefficient (Wildman–Crippen LogP) is 0.240. The van der Waals surface area contributed by atoms with Crippen LogP contribution in [0.2, 0.25) is 0 Å². The van der Waals surface area contributed by atoms with Gasteiger partial charge in [-0.05, 0) is 0 Å². The molecule has 9 heteroatoms. The van der Waals surface area contributed by atoms with Gasteiger partial charge in [-0.25, -0.2) is 18.7 Å². The molecule has 1 fully saturated rings. The molecule has 0 unspecified atom stereocenters. The van der Waals surface area contributed by atoms with Crippen LogP contribution in [0.3, 0.4) is 0 Å². The largest absolute Gasteiger partial charge is 0.380 e. The van der Waals surface area contributed by atoms with Crippen molar-refractivity contribution in [3.8, 4) is 0 Å². The van der Waals surface area contributed by atoms with E-state index in [-0.39, 0.29) is 18.8 Å². The summed E-state index contributed by atoms with van der Waals surface area (Å²) in [5.74, 6) is 0.360. The average molecular weight is 268 g/mol. The molecule has 19 heavy (non-hydrogen) atoms. The second-order valence-electron chi connectivity index (χ2n) is 4.34. The van der Waals surface area contributed by atoms with Gasteiger partial charge >= 0.3 is 0 Å². The zero-order chi connectivity index (χ0) is 13.5. The standard InChI is InChI=1S/C10H10F2N6O/c11-9(12)6-1-8(14-5-13-6)18-3-10(19,4-18)7-2-15-17-16-7/h1-2,5,9,19H,3-4H2,(H,15,16,17).